The topological polar surface area (TPSA) is 76.4 Å². The maximum absolute atomic E-state index is 13.1. The minimum Gasteiger partial charge on any atom is -0.448 e. The molecule has 1 amide bonds. The Balaban J connectivity index is 1.48. The number of amides is 1. The Hall–Kier alpha value is -3.08. The van der Waals surface area contributed by atoms with Crippen LogP contribution >= 0.6 is 11.6 Å². The molecule has 0 radical (unpaired) electrons. The van der Waals surface area contributed by atoms with Crippen LogP contribution in [-0.2, 0) is 10.9 Å². The van der Waals surface area contributed by atoms with Gasteiger partial charge >= 0.3 is 12.3 Å². The molecule has 12 heteroatoms. The number of hydrogen-bond acceptors (Lipinski definition) is 6. The highest BCUT2D eigenvalue weighted by molar-refractivity contribution is 6.28. The molecule has 0 spiro atoms. The highest BCUT2D eigenvalue weighted by atomic mass is 35.5. The zero-order valence-corrected chi connectivity index (χ0v) is 16.1. The van der Waals surface area contributed by atoms with Gasteiger partial charge in [-0.05, 0) is 29.8 Å². The van der Waals surface area contributed by atoms with E-state index >= 15 is 0 Å². The summed E-state index contributed by atoms with van der Waals surface area (Å²) in [5, 5.41) is 4.73. The monoisotopic (exact) mass is 438 g/mol. The Labute approximate surface area is 172 Å². The number of hydrogen-bond donors (Lipinski definition) is 0. The van der Waals surface area contributed by atoms with Crippen LogP contribution in [0.2, 0.25) is 5.28 Å². The zero-order chi connectivity index (χ0) is 21.0. The van der Waals surface area contributed by atoms with Gasteiger partial charge in [-0.3, -0.25) is 4.90 Å². The van der Waals surface area contributed by atoms with Crippen molar-refractivity contribution in [3.05, 3.63) is 41.3 Å². The summed E-state index contributed by atoms with van der Waals surface area (Å²) in [6, 6.07) is 4.82. The first-order chi connectivity index (χ1) is 14.3. The summed E-state index contributed by atoms with van der Waals surface area (Å²) in [5.41, 5.74) is -0.276. The molecule has 156 valence electrons. The lowest BCUT2D eigenvalue weighted by molar-refractivity contribution is -0.137. The Morgan fingerprint density at radius 1 is 1.20 bits per heavy atom. The van der Waals surface area contributed by atoms with Crippen LogP contribution in [0.4, 0.5) is 23.8 Å². The van der Waals surface area contributed by atoms with Crippen LogP contribution in [0.1, 0.15) is 5.56 Å². The highest BCUT2D eigenvalue weighted by Gasteiger charge is 2.39. The summed E-state index contributed by atoms with van der Waals surface area (Å²) in [4.78, 5) is 23.8. The van der Waals surface area contributed by atoms with Crippen molar-refractivity contribution in [2.24, 2.45) is 0 Å². The van der Waals surface area contributed by atoms with Gasteiger partial charge in [-0.2, -0.15) is 28.2 Å². The van der Waals surface area contributed by atoms with Crippen LogP contribution in [0.25, 0.3) is 16.7 Å². The van der Waals surface area contributed by atoms with Crippen LogP contribution in [0.3, 0.4) is 0 Å². The minimum absolute atomic E-state index is 0.00213. The average molecular weight is 439 g/mol. The van der Waals surface area contributed by atoms with Gasteiger partial charge in [0.2, 0.25) is 5.28 Å². The van der Waals surface area contributed by atoms with Gasteiger partial charge in [-0.25, -0.2) is 9.48 Å². The fourth-order valence-corrected chi connectivity index (χ4v) is 3.83. The fourth-order valence-electron chi connectivity index (χ4n) is 3.67. The van der Waals surface area contributed by atoms with Crippen LogP contribution in [0.5, 0.6) is 0 Å². The molecule has 0 atom stereocenters. The van der Waals surface area contributed by atoms with E-state index in [2.05, 4.69) is 15.1 Å². The fraction of sp³-hybridized carbons (Fsp3) is 0.333. The third-order valence-corrected chi connectivity index (χ3v) is 5.36. The number of ether oxygens (including phenoxy) is 1. The standard InChI is InChI=1S/C18H14ClF3N6O2/c19-16-24-14(26-8-12(9-26)27-4-5-30-17(27)29)13-7-23-28(15(13)25-16)11-3-1-2-10(6-11)18(20,21)22/h1-3,6-7,12H,4-5,8-9H2. The molecule has 4 heterocycles. The first-order valence-corrected chi connectivity index (χ1v) is 9.46. The smallest absolute Gasteiger partial charge is 0.416 e. The number of alkyl halides is 3. The molecule has 3 aromatic rings. The number of anilines is 1. The molecule has 2 fully saturated rings. The first kappa shape index (κ1) is 18.9. The summed E-state index contributed by atoms with van der Waals surface area (Å²) < 4.78 is 45.5. The molecule has 8 nitrogen and oxygen atoms in total. The Morgan fingerprint density at radius 3 is 2.70 bits per heavy atom. The summed E-state index contributed by atoms with van der Waals surface area (Å²) in [6.45, 7) is 1.99. The number of carbonyl (C=O) groups is 1. The number of aromatic nitrogens is 4. The number of carbonyl (C=O) groups excluding carboxylic acids is 1. The number of fused-ring (bicyclic) bond motifs is 1. The third-order valence-electron chi connectivity index (χ3n) is 5.19. The number of halogens is 4. The Kier molecular flexibility index (Phi) is 4.24. The van der Waals surface area contributed by atoms with E-state index in [1.54, 1.807) is 4.90 Å². The van der Waals surface area contributed by atoms with E-state index in [0.717, 1.165) is 12.1 Å². The van der Waals surface area contributed by atoms with Gasteiger partial charge in [0, 0.05) is 13.1 Å². The van der Waals surface area contributed by atoms with Crippen molar-refractivity contribution >= 4 is 34.5 Å². The Morgan fingerprint density at radius 2 is 2.00 bits per heavy atom. The van der Waals surface area contributed by atoms with Gasteiger partial charge in [-0.15, -0.1) is 0 Å². The summed E-state index contributed by atoms with van der Waals surface area (Å²) in [6.07, 6.45) is -3.30. The van der Waals surface area contributed by atoms with Crippen molar-refractivity contribution in [1.29, 1.82) is 0 Å². The number of cyclic esters (lactones) is 1. The number of benzene rings is 1. The Bertz CT molecular complexity index is 1140. The largest absolute Gasteiger partial charge is 0.448 e. The van der Waals surface area contributed by atoms with Crippen LogP contribution in [-0.4, -0.2) is 63.0 Å². The molecular weight excluding hydrogens is 425 g/mol. The third kappa shape index (κ3) is 3.09. The highest BCUT2D eigenvalue weighted by Crippen LogP contribution is 2.33. The molecule has 2 aromatic heterocycles. The van der Waals surface area contributed by atoms with Gasteiger partial charge in [0.05, 0.1) is 35.4 Å². The molecule has 0 N–H and O–H groups in total. The predicted molar refractivity (Wildman–Crippen MR) is 101 cm³/mol. The van der Waals surface area contributed by atoms with Crippen molar-refractivity contribution in [3.63, 3.8) is 0 Å². The molecule has 2 aliphatic rings. The van der Waals surface area contributed by atoms with Gasteiger partial charge in [0.1, 0.15) is 12.4 Å². The maximum atomic E-state index is 13.1. The van der Waals surface area contributed by atoms with E-state index in [1.807, 2.05) is 4.90 Å². The normalized spacial score (nSPS) is 17.5. The second-order valence-corrected chi connectivity index (χ2v) is 7.36. The predicted octanol–water partition coefficient (Wildman–Crippen LogP) is 3.13. The molecular formula is C18H14ClF3N6O2. The van der Waals surface area contributed by atoms with Crippen molar-refractivity contribution in [2.75, 3.05) is 31.1 Å². The number of nitrogens with zero attached hydrogens (tertiary/aromatic N) is 6. The van der Waals surface area contributed by atoms with Crippen LogP contribution in [0, 0.1) is 0 Å². The average Bonchev–Trinajstić information content (AvgIpc) is 3.26. The second kappa shape index (κ2) is 6.73. The van der Waals surface area contributed by atoms with E-state index < -0.39 is 11.7 Å². The van der Waals surface area contributed by atoms with E-state index in [1.165, 1.54) is 23.0 Å². The quantitative estimate of drug-likeness (QED) is 0.585. The summed E-state index contributed by atoms with van der Waals surface area (Å²) >= 11 is 6.10. The van der Waals surface area contributed by atoms with E-state index in [4.69, 9.17) is 16.3 Å². The zero-order valence-electron chi connectivity index (χ0n) is 15.3. The van der Waals surface area contributed by atoms with Gasteiger partial charge in [-0.1, -0.05) is 6.07 Å². The molecule has 1 aromatic carbocycles. The van der Waals surface area contributed by atoms with Crippen molar-refractivity contribution < 1.29 is 22.7 Å². The lowest BCUT2D eigenvalue weighted by Gasteiger charge is -2.43. The van der Waals surface area contributed by atoms with Gasteiger partial charge < -0.3 is 9.64 Å². The molecule has 0 unspecified atom stereocenters. The van der Waals surface area contributed by atoms with E-state index in [0.29, 0.717) is 43.1 Å². The molecule has 30 heavy (non-hydrogen) atoms. The molecule has 0 saturated carbocycles. The molecule has 0 bridgehead atoms. The van der Waals surface area contributed by atoms with Crippen molar-refractivity contribution in [1.82, 2.24) is 24.6 Å². The van der Waals surface area contributed by atoms with Crippen molar-refractivity contribution in [3.8, 4) is 5.69 Å². The SMILES string of the molecule is O=C1OCCN1C1CN(c2nc(Cl)nc3c2cnn3-c2cccc(C(F)(F)F)c2)C1. The second-order valence-electron chi connectivity index (χ2n) is 7.02. The first-order valence-electron chi connectivity index (χ1n) is 9.08. The number of rotatable bonds is 3. The van der Waals surface area contributed by atoms with E-state index in [-0.39, 0.29) is 23.1 Å². The van der Waals surface area contributed by atoms with Crippen LogP contribution in [0.15, 0.2) is 30.5 Å². The molecule has 2 saturated heterocycles. The van der Waals surface area contributed by atoms with Crippen molar-refractivity contribution in [2.45, 2.75) is 12.2 Å². The van der Waals surface area contributed by atoms with Gasteiger partial charge in [0.25, 0.3) is 0 Å². The maximum Gasteiger partial charge on any atom is 0.416 e. The molecule has 2 aliphatic heterocycles. The van der Waals surface area contributed by atoms with E-state index in [9.17, 15) is 18.0 Å². The molecule has 0 aliphatic carbocycles. The molecule has 5 rings (SSSR count). The lowest BCUT2D eigenvalue weighted by atomic mass is 10.1. The van der Waals surface area contributed by atoms with Gasteiger partial charge in [0.15, 0.2) is 5.65 Å². The summed E-state index contributed by atoms with van der Waals surface area (Å²) in [5.74, 6) is 0.520. The lowest BCUT2D eigenvalue weighted by Crippen LogP contribution is -2.60. The van der Waals surface area contributed by atoms with Crippen LogP contribution < -0.4 is 4.90 Å². The minimum atomic E-state index is -4.47. The summed E-state index contributed by atoms with van der Waals surface area (Å²) in [7, 11) is 0.